The molecule has 121 heavy (non-hydrogen) atoms. The quantitative estimate of drug-likeness (QED) is 0.0146. The molecule has 0 fully saturated rings. The van der Waals surface area contributed by atoms with Crippen LogP contribution in [0.2, 0.25) is 0 Å². The Morgan fingerprint density at radius 1 is 0.240 bits per heavy atom. The van der Waals surface area contributed by atoms with E-state index in [1.807, 2.05) is 0 Å². The van der Waals surface area contributed by atoms with E-state index in [0.29, 0.717) is 19.3 Å². The molecule has 5 atom stereocenters. The molecule has 0 aliphatic carbocycles. The molecule has 5 unspecified atom stereocenters. The fourth-order valence-electron chi connectivity index (χ4n) is 12.9. The van der Waals surface area contributed by atoms with Crippen molar-refractivity contribution in [3.05, 3.63) is 182 Å². The number of aliphatic hydroxyl groups is 2. The Kier molecular flexibility index (Phi) is 89.6. The number of rotatable bonds is 90. The van der Waals surface area contributed by atoms with Crippen LogP contribution in [0.25, 0.3) is 0 Å². The molecule has 0 aliphatic heterocycles. The maximum atomic E-state index is 13.1. The lowest BCUT2D eigenvalue weighted by Gasteiger charge is -2.21. The molecule has 0 saturated heterocycles. The maximum Gasteiger partial charge on any atom is 0.472 e. The van der Waals surface area contributed by atoms with Crippen molar-refractivity contribution < 1.29 is 75.8 Å². The van der Waals surface area contributed by atoms with Gasteiger partial charge in [-0.3, -0.25) is 32.5 Å². The lowest BCUT2D eigenvalue weighted by molar-refractivity contribution is -0.161. The van der Waals surface area contributed by atoms with Gasteiger partial charge in [-0.25, -0.2) is 9.13 Å². The summed E-state index contributed by atoms with van der Waals surface area (Å²) in [6.07, 6.45) is 124. The average Bonchev–Trinajstić information content (AvgIpc) is 0.895. The van der Waals surface area contributed by atoms with Crippen LogP contribution in [-0.4, -0.2) is 95.9 Å². The highest BCUT2D eigenvalue weighted by atomic mass is 31.2. The number of phosphoric ester groups is 2. The van der Waals surface area contributed by atoms with E-state index >= 15 is 0 Å². The molecule has 0 aromatic rings. The van der Waals surface area contributed by atoms with E-state index < -0.39 is 91.5 Å². The summed E-state index contributed by atoms with van der Waals surface area (Å²) in [7, 11) is -9.82. The third-order valence-electron chi connectivity index (χ3n) is 20.1. The standard InChI is InChI=1S/C103H174O16P2/c1-4-7-10-13-16-19-22-25-28-31-34-36-38-40-42-44-46-47-48-49-51-53-54-56-58-60-63-65-68-71-74-77-80-83-86-89-101(106)113-92-98(104)93-115-120(109,110)116-94-99(105)95-117-121(111,112)118-97-100(119-103(108)91-88-85-82-79-76-73-70-67-62-33-30-27-24-21-18-15-12-9-6-3)96-114-102(107)90-87-84-81-78-75-72-69-66-64-61-59-57-55-52-50-45-43-41-39-37-35-32-29-26-23-20-17-14-11-8-5-2/h7-8,10-11,16-21,25-30,34-37,40-43,46-47,50,52,62,67,98-100,104-105H,4-6,9,12-15,22-24,31-33,38-39,44-45,48-49,51,53-61,63-66,68-97H2,1-3H3,(H,109,110)(H,111,112)/b10-7-,11-8-,19-16-,20-17-,21-18-,28-25-,29-26-,30-27-,36-34-,37-35-,42-40-,43-41-,47-46-,52-50-,67-62-. The van der Waals surface area contributed by atoms with Crippen LogP contribution in [0, 0.1) is 0 Å². The van der Waals surface area contributed by atoms with Gasteiger partial charge in [-0.1, -0.05) is 396 Å². The second-order valence-electron chi connectivity index (χ2n) is 31.8. The Balaban J connectivity index is 4.53. The summed E-state index contributed by atoms with van der Waals surface area (Å²) in [6, 6.07) is 0. The van der Waals surface area contributed by atoms with E-state index in [4.69, 9.17) is 32.3 Å². The minimum Gasteiger partial charge on any atom is -0.463 e. The van der Waals surface area contributed by atoms with Crippen LogP contribution in [-0.2, 0) is 55.8 Å². The second-order valence-corrected chi connectivity index (χ2v) is 34.7. The van der Waals surface area contributed by atoms with Crippen molar-refractivity contribution in [1.29, 1.82) is 0 Å². The highest BCUT2D eigenvalue weighted by Crippen LogP contribution is 2.45. The molecule has 0 aromatic carbocycles. The number of hydrogen-bond acceptors (Lipinski definition) is 14. The zero-order valence-electron chi connectivity index (χ0n) is 76.4. The summed E-state index contributed by atoms with van der Waals surface area (Å²) in [5.74, 6) is -1.58. The van der Waals surface area contributed by atoms with Gasteiger partial charge in [-0.2, -0.15) is 0 Å². The molecule has 0 rings (SSSR count). The fraction of sp³-hybridized carbons (Fsp3) is 0.680. The number of unbranched alkanes of at least 4 members (excludes halogenated alkanes) is 37. The first-order valence-corrected chi connectivity index (χ1v) is 51.1. The summed E-state index contributed by atoms with van der Waals surface area (Å²) in [5, 5.41) is 20.8. The maximum absolute atomic E-state index is 13.1. The van der Waals surface area contributed by atoms with Gasteiger partial charge < -0.3 is 34.2 Å². The van der Waals surface area contributed by atoms with Gasteiger partial charge in [0.1, 0.15) is 25.4 Å². The molecule has 0 heterocycles. The van der Waals surface area contributed by atoms with Crippen LogP contribution in [0.3, 0.4) is 0 Å². The number of aliphatic hydroxyl groups excluding tert-OH is 2. The molecule has 692 valence electrons. The lowest BCUT2D eigenvalue weighted by Crippen LogP contribution is -2.30. The highest BCUT2D eigenvalue weighted by molar-refractivity contribution is 7.47. The molecule has 0 spiro atoms. The van der Waals surface area contributed by atoms with Gasteiger partial charge in [-0.15, -0.1) is 0 Å². The van der Waals surface area contributed by atoms with Crippen molar-refractivity contribution in [3.8, 4) is 0 Å². The van der Waals surface area contributed by atoms with E-state index in [1.54, 1.807) is 0 Å². The van der Waals surface area contributed by atoms with Crippen molar-refractivity contribution in [3.63, 3.8) is 0 Å². The van der Waals surface area contributed by atoms with E-state index in [0.717, 1.165) is 186 Å². The van der Waals surface area contributed by atoms with Crippen LogP contribution in [0.5, 0.6) is 0 Å². The molecule has 16 nitrogen and oxygen atoms in total. The van der Waals surface area contributed by atoms with Crippen LogP contribution in [0.4, 0.5) is 0 Å². The first-order chi connectivity index (χ1) is 59.2. The monoisotopic (exact) mass is 1730 g/mol. The summed E-state index contributed by atoms with van der Waals surface area (Å²) >= 11 is 0. The van der Waals surface area contributed by atoms with Crippen LogP contribution in [0.15, 0.2) is 182 Å². The molecule has 0 amide bonds. The minimum absolute atomic E-state index is 0.0862. The van der Waals surface area contributed by atoms with E-state index in [2.05, 4.69) is 203 Å². The topological polar surface area (TPSA) is 231 Å². The molecule has 0 aliphatic rings. The van der Waals surface area contributed by atoms with Gasteiger partial charge >= 0.3 is 33.6 Å². The van der Waals surface area contributed by atoms with E-state index in [9.17, 15) is 43.5 Å². The van der Waals surface area contributed by atoms with Crippen molar-refractivity contribution >= 4 is 33.6 Å². The largest absolute Gasteiger partial charge is 0.472 e. The minimum atomic E-state index is -4.95. The van der Waals surface area contributed by atoms with Gasteiger partial charge in [0.25, 0.3) is 0 Å². The first kappa shape index (κ1) is 116. The van der Waals surface area contributed by atoms with E-state index in [1.165, 1.54) is 148 Å². The Hall–Kier alpha value is -5.35. The highest BCUT2D eigenvalue weighted by Gasteiger charge is 2.30. The zero-order chi connectivity index (χ0) is 87.9. The Morgan fingerprint density at radius 3 is 0.694 bits per heavy atom. The van der Waals surface area contributed by atoms with Gasteiger partial charge in [0.2, 0.25) is 0 Å². The fourth-order valence-corrected chi connectivity index (χ4v) is 14.5. The van der Waals surface area contributed by atoms with Crippen LogP contribution < -0.4 is 0 Å². The van der Waals surface area contributed by atoms with Crippen molar-refractivity contribution in [2.24, 2.45) is 0 Å². The van der Waals surface area contributed by atoms with Gasteiger partial charge in [0.05, 0.1) is 26.4 Å². The summed E-state index contributed by atoms with van der Waals surface area (Å²) in [4.78, 5) is 59.0. The Labute approximate surface area is 738 Å². The number of carbonyl (C=O) groups excluding carboxylic acids is 3. The lowest BCUT2D eigenvalue weighted by atomic mass is 10.0. The smallest absolute Gasteiger partial charge is 0.463 e. The predicted octanol–water partition coefficient (Wildman–Crippen LogP) is 30.0. The van der Waals surface area contributed by atoms with Crippen LogP contribution >= 0.6 is 15.6 Å². The van der Waals surface area contributed by atoms with Crippen molar-refractivity contribution in [2.75, 3.05) is 39.6 Å². The zero-order valence-corrected chi connectivity index (χ0v) is 78.2. The first-order valence-electron chi connectivity index (χ1n) is 48.1. The molecular formula is C103H174O16P2. The Bertz CT molecular complexity index is 2930. The third kappa shape index (κ3) is 95.2. The average molecular weight is 1730 g/mol. The van der Waals surface area contributed by atoms with Crippen molar-refractivity contribution in [1.82, 2.24) is 0 Å². The molecule has 18 heteroatoms. The third-order valence-corrected chi connectivity index (χ3v) is 22.0. The molecule has 0 aromatic heterocycles. The molecule has 4 N–H and O–H groups in total. The molecule has 0 saturated carbocycles. The van der Waals surface area contributed by atoms with E-state index in [-0.39, 0.29) is 19.3 Å². The van der Waals surface area contributed by atoms with Crippen molar-refractivity contribution in [2.45, 2.75) is 411 Å². The van der Waals surface area contributed by atoms with Gasteiger partial charge in [0.15, 0.2) is 6.10 Å². The number of esters is 3. The summed E-state index contributed by atoms with van der Waals surface area (Å²) < 4.78 is 61.5. The van der Waals surface area contributed by atoms with Crippen LogP contribution in [0.1, 0.15) is 393 Å². The summed E-state index contributed by atoms with van der Waals surface area (Å²) in [6.45, 7) is 2.45. The molecule has 0 radical (unpaired) electrons. The SMILES string of the molecule is CC/C=C\C/C=C\C/C=C\C/C=C\C/C=C\C/C=C\CCCCCCCCCCCCCCCCCCC(=O)OCC(O)COP(=O)(O)OCC(O)COP(=O)(O)OCC(COC(=O)CCCCCCCCCCCCCC/C=C\C/C=C\C/C=C\C/C=C\C/C=C\C/C=C\CC)OC(=O)CCCCCCCC/C=C\C/C=C\C/C=C\CCCCC. The number of carbonyl (C=O) groups is 3. The molecular weight excluding hydrogens is 1560 g/mol. The predicted molar refractivity (Wildman–Crippen MR) is 509 cm³/mol. The summed E-state index contributed by atoms with van der Waals surface area (Å²) in [5.41, 5.74) is 0. The molecule has 0 bridgehead atoms. The number of hydrogen-bond donors (Lipinski definition) is 4. The second kappa shape index (κ2) is 93.8. The van der Waals surface area contributed by atoms with Gasteiger partial charge in [-0.05, 0) is 161 Å². The van der Waals surface area contributed by atoms with Gasteiger partial charge in [0, 0.05) is 19.3 Å². The number of phosphoric acid groups is 2. The normalized spacial score (nSPS) is 14.5. The number of ether oxygens (including phenoxy) is 3. The Morgan fingerprint density at radius 2 is 0.438 bits per heavy atom. The number of allylic oxidation sites excluding steroid dienone is 30.